The molecule has 5 rings (SSSR count). The zero-order chi connectivity index (χ0) is 22.1. The van der Waals surface area contributed by atoms with E-state index in [2.05, 4.69) is 20.4 Å². The Balaban J connectivity index is 1.30. The van der Waals surface area contributed by atoms with Crippen LogP contribution in [0.1, 0.15) is 27.4 Å². The van der Waals surface area contributed by atoms with Gasteiger partial charge in [0.25, 0.3) is 5.91 Å². The van der Waals surface area contributed by atoms with Gasteiger partial charge < -0.3 is 9.84 Å². The molecule has 0 saturated heterocycles. The van der Waals surface area contributed by atoms with Gasteiger partial charge in [0.2, 0.25) is 0 Å². The predicted octanol–water partition coefficient (Wildman–Crippen LogP) is 5.61. The highest BCUT2D eigenvalue weighted by Crippen LogP contribution is 2.28. The van der Waals surface area contributed by atoms with Crippen LogP contribution in [0, 0.1) is 13.8 Å². The molecule has 160 valence electrons. The van der Waals surface area contributed by atoms with Gasteiger partial charge in [0.05, 0.1) is 17.0 Å². The molecule has 0 bridgehead atoms. The number of thioether (sulfide) groups is 1. The SMILES string of the molecule is Cc1noc(C)c1CSc1ncccc1C(=O)Nc1ccc(-c2cn3ccsc3n2)cc1. The van der Waals surface area contributed by atoms with E-state index < -0.39 is 0 Å². The topological polar surface area (TPSA) is 85.3 Å². The largest absolute Gasteiger partial charge is 0.361 e. The Labute approximate surface area is 192 Å². The van der Waals surface area contributed by atoms with Crippen LogP contribution < -0.4 is 5.32 Å². The Kier molecular flexibility index (Phi) is 5.50. The molecule has 1 N–H and O–H groups in total. The number of rotatable bonds is 6. The molecule has 0 aliphatic heterocycles. The number of aryl methyl sites for hydroxylation is 2. The second kappa shape index (κ2) is 8.60. The molecule has 32 heavy (non-hydrogen) atoms. The Morgan fingerprint density at radius 2 is 2.06 bits per heavy atom. The molecule has 0 aliphatic carbocycles. The summed E-state index contributed by atoms with van der Waals surface area (Å²) in [6.45, 7) is 3.80. The van der Waals surface area contributed by atoms with Crippen LogP contribution in [0.2, 0.25) is 0 Å². The van der Waals surface area contributed by atoms with Crippen molar-refractivity contribution in [2.75, 3.05) is 5.32 Å². The number of benzene rings is 1. The van der Waals surface area contributed by atoms with E-state index in [1.54, 1.807) is 29.7 Å². The first-order valence-corrected chi connectivity index (χ1v) is 11.8. The van der Waals surface area contributed by atoms with E-state index in [-0.39, 0.29) is 5.91 Å². The monoisotopic (exact) mass is 461 g/mol. The van der Waals surface area contributed by atoms with Gasteiger partial charge in [-0.2, -0.15) is 0 Å². The number of anilines is 1. The summed E-state index contributed by atoms with van der Waals surface area (Å²) in [5.74, 6) is 1.22. The van der Waals surface area contributed by atoms with Crippen molar-refractivity contribution in [1.82, 2.24) is 19.5 Å². The van der Waals surface area contributed by atoms with Crippen LogP contribution in [-0.2, 0) is 5.75 Å². The lowest BCUT2D eigenvalue weighted by Gasteiger charge is -2.09. The van der Waals surface area contributed by atoms with Crippen LogP contribution in [0.5, 0.6) is 0 Å². The summed E-state index contributed by atoms with van der Waals surface area (Å²) >= 11 is 3.09. The minimum absolute atomic E-state index is 0.199. The van der Waals surface area contributed by atoms with Crippen molar-refractivity contribution >= 4 is 39.7 Å². The van der Waals surface area contributed by atoms with Crippen molar-refractivity contribution in [3.05, 3.63) is 82.9 Å². The molecule has 9 heteroatoms. The van der Waals surface area contributed by atoms with Crippen molar-refractivity contribution in [2.24, 2.45) is 0 Å². The van der Waals surface area contributed by atoms with Gasteiger partial charge >= 0.3 is 0 Å². The minimum Gasteiger partial charge on any atom is -0.361 e. The maximum Gasteiger partial charge on any atom is 0.258 e. The normalized spacial score (nSPS) is 11.2. The molecule has 4 heterocycles. The van der Waals surface area contributed by atoms with E-state index in [0.29, 0.717) is 22.0 Å². The number of hydrogen-bond donors (Lipinski definition) is 1. The summed E-state index contributed by atoms with van der Waals surface area (Å²) in [4.78, 5) is 22.9. The summed E-state index contributed by atoms with van der Waals surface area (Å²) < 4.78 is 7.23. The number of amides is 1. The molecule has 0 atom stereocenters. The number of fused-ring (bicyclic) bond motifs is 1. The second-order valence-corrected chi connectivity index (χ2v) is 9.04. The van der Waals surface area contributed by atoms with Gasteiger partial charge in [0.1, 0.15) is 10.8 Å². The first-order valence-electron chi connectivity index (χ1n) is 9.92. The second-order valence-electron chi connectivity index (χ2n) is 7.20. The predicted molar refractivity (Wildman–Crippen MR) is 126 cm³/mol. The van der Waals surface area contributed by atoms with Gasteiger partial charge in [0, 0.05) is 46.5 Å². The summed E-state index contributed by atoms with van der Waals surface area (Å²) in [6, 6.07) is 11.2. The molecule has 0 spiro atoms. The Hall–Kier alpha value is -3.43. The first kappa shape index (κ1) is 20.5. The molecule has 0 aliphatic rings. The zero-order valence-corrected chi connectivity index (χ0v) is 19.0. The highest BCUT2D eigenvalue weighted by molar-refractivity contribution is 7.98. The molecule has 0 radical (unpaired) electrons. The van der Waals surface area contributed by atoms with Crippen LogP contribution in [0.25, 0.3) is 16.2 Å². The third-order valence-electron chi connectivity index (χ3n) is 5.08. The molecule has 1 amide bonds. The molecule has 7 nitrogen and oxygen atoms in total. The van der Waals surface area contributed by atoms with Crippen LogP contribution in [0.15, 0.2) is 69.9 Å². The van der Waals surface area contributed by atoms with E-state index in [0.717, 1.165) is 33.2 Å². The number of thiazole rings is 1. The van der Waals surface area contributed by atoms with Crippen molar-refractivity contribution < 1.29 is 9.32 Å². The molecular formula is C23H19N5O2S2. The Morgan fingerprint density at radius 3 is 2.81 bits per heavy atom. The fourth-order valence-corrected chi connectivity index (χ4v) is 5.16. The van der Waals surface area contributed by atoms with Gasteiger partial charge in [-0.25, -0.2) is 9.97 Å². The van der Waals surface area contributed by atoms with Crippen LogP contribution in [-0.4, -0.2) is 25.4 Å². The first-order chi connectivity index (χ1) is 15.6. The maximum atomic E-state index is 13.0. The van der Waals surface area contributed by atoms with Gasteiger partial charge in [-0.3, -0.25) is 9.20 Å². The summed E-state index contributed by atoms with van der Waals surface area (Å²) in [7, 11) is 0. The van der Waals surface area contributed by atoms with Gasteiger partial charge in [-0.15, -0.1) is 23.1 Å². The van der Waals surface area contributed by atoms with E-state index in [4.69, 9.17) is 4.52 Å². The molecule has 0 fully saturated rings. The smallest absolute Gasteiger partial charge is 0.258 e. The molecule has 1 aromatic carbocycles. The molecular weight excluding hydrogens is 442 g/mol. The fourth-order valence-electron chi connectivity index (χ4n) is 3.32. The summed E-state index contributed by atoms with van der Waals surface area (Å²) in [5, 5.41) is 9.63. The van der Waals surface area contributed by atoms with E-state index >= 15 is 0 Å². The average molecular weight is 462 g/mol. The van der Waals surface area contributed by atoms with E-state index in [1.807, 2.05) is 60.3 Å². The number of carbonyl (C=O) groups is 1. The molecule has 4 aromatic heterocycles. The quantitative estimate of drug-likeness (QED) is 0.331. The van der Waals surface area contributed by atoms with Crippen molar-refractivity contribution in [1.29, 1.82) is 0 Å². The maximum absolute atomic E-state index is 13.0. The van der Waals surface area contributed by atoms with E-state index in [9.17, 15) is 4.79 Å². The van der Waals surface area contributed by atoms with E-state index in [1.165, 1.54) is 11.8 Å². The standard InChI is InChI=1S/C23H19N5O2S2/c1-14-19(15(2)30-27-14)13-32-22-18(4-3-9-24-22)21(29)25-17-7-5-16(6-8-17)20-12-28-10-11-31-23(28)26-20/h3-12H,13H2,1-2H3,(H,25,29). The lowest BCUT2D eigenvalue weighted by atomic mass is 10.1. The number of carbonyl (C=O) groups excluding carboxylic acids is 1. The average Bonchev–Trinajstić information content (AvgIpc) is 3.49. The van der Waals surface area contributed by atoms with Crippen LogP contribution >= 0.6 is 23.1 Å². The molecule has 5 aromatic rings. The van der Waals surface area contributed by atoms with Gasteiger partial charge in [-0.05, 0) is 38.1 Å². The number of nitrogens with zero attached hydrogens (tertiary/aromatic N) is 4. The van der Waals surface area contributed by atoms with Crippen molar-refractivity contribution in [2.45, 2.75) is 24.6 Å². The number of pyridine rings is 1. The lowest BCUT2D eigenvalue weighted by Crippen LogP contribution is -2.13. The highest BCUT2D eigenvalue weighted by Gasteiger charge is 2.16. The number of aromatic nitrogens is 4. The third kappa shape index (κ3) is 4.04. The Bertz CT molecular complexity index is 1350. The molecule has 0 unspecified atom stereocenters. The van der Waals surface area contributed by atoms with Crippen LogP contribution in [0.3, 0.4) is 0 Å². The van der Waals surface area contributed by atoms with Gasteiger partial charge in [-0.1, -0.05) is 17.3 Å². The zero-order valence-electron chi connectivity index (χ0n) is 17.4. The summed E-state index contributed by atoms with van der Waals surface area (Å²) in [6.07, 6.45) is 5.68. The lowest BCUT2D eigenvalue weighted by molar-refractivity contribution is 0.102. The molecule has 0 saturated carbocycles. The number of imidazole rings is 1. The minimum atomic E-state index is -0.199. The third-order valence-corrected chi connectivity index (χ3v) is 6.88. The number of nitrogens with one attached hydrogen (secondary N) is 1. The number of hydrogen-bond acceptors (Lipinski definition) is 7. The van der Waals surface area contributed by atoms with Crippen LogP contribution in [0.4, 0.5) is 5.69 Å². The highest BCUT2D eigenvalue weighted by atomic mass is 32.2. The van der Waals surface area contributed by atoms with Gasteiger partial charge in [0.15, 0.2) is 4.96 Å². The van der Waals surface area contributed by atoms with Crippen molar-refractivity contribution in [3.63, 3.8) is 0 Å². The van der Waals surface area contributed by atoms with Crippen molar-refractivity contribution in [3.8, 4) is 11.3 Å². The Morgan fingerprint density at radius 1 is 1.22 bits per heavy atom. The summed E-state index contributed by atoms with van der Waals surface area (Å²) in [5.41, 5.74) is 5.03. The fraction of sp³-hybridized carbons (Fsp3) is 0.130.